The van der Waals surface area contributed by atoms with E-state index in [0.717, 1.165) is 22.9 Å². The number of alkyl halides is 1. The summed E-state index contributed by atoms with van der Waals surface area (Å²) in [4.78, 5) is 10.9. The molecule has 88 valence electrons. The van der Waals surface area contributed by atoms with Crippen molar-refractivity contribution in [1.82, 2.24) is 0 Å². The molecule has 0 unspecified atom stereocenters. The molecule has 0 aromatic heterocycles. The standard InChI is InChI=1S/C14H13BrO2/c1-17-14(16)10-9-13-7-5-12(6-8-13)4-2-3-11-15/h5-10H,3,11H2,1H3/b10-9+. The molecule has 1 aromatic rings. The number of hydrogen-bond acceptors (Lipinski definition) is 2. The Morgan fingerprint density at radius 2 is 2.12 bits per heavy atom. The third-order valence-electron chi connectivity index (χ3n) is 1.98. The van der Waals surface area contributed by atoms with Crippen LogP contribution in [0, 0.1) is 11.8 Å². The maximum Gasteiger partial charge on any atom is 0.330 e. The van der Waals surface area contributed by atoms with Gasteiger partial charge in [-0.2, -0.15) is 0 Å². The average Bonchev–Trinajstić information content (AvgIpc) is 2.37. The Balaban J connectivity index is 2.66. The molecule has 2 nitrogen and oxygen atoms in total. The van der Waals surface area contributed by atoms with Gasteiger partial charge in [-0.25, -0.2) is 4.79 Å². The molecule has 17 heavy (non-hydrogen) atoms. The lowest BCUT2D eigenvalue weighted by Crippen LogP contribution is -1.93. The van der Waals surface area contributed by atoms with E-state index in [1.807, 2.05) is 24.3 Å². The molecule has 0 aliphatic rings. The second-order valence-electron chi connectivity index (χ2n) is 3.22. The maximum absolute atomic E-state index is 10.9. The van der Waals surface area contributed by atoms with Gasteiger partial charge in [0, 0.05) is 23.4 Å². The van der Waals surface area contributed by atoms with E-state index in [9.17, 15) is 4.79 Å². The summed E-state index contributed by atoms with van der Waals surface area (Å²) >= 11 is 3.32. The topological polar surface area (TPSA) is 26.3 Å². The van der Waals surface area contributed by atoms with E-state index in [1.165, 1.54) is 13.2 Å². The normalized spacial score (nSPS) is 9.76. The van der Waals surface area contributed by atoms with Crippen molar-refractivity contribution in [2.24, 2.45) is 0 Å². The number of halogens is 1. The SMILES string of the molecule is COC(=O)/C=C/c1ccc(C#CCCBr)cc1. The molecule has 0 aliphatic carbocycles. The summed E-state index contributed by atoms with van der Waals surface area (Å²) in [6.45, 7) is 0. The smallest absolute Gasteiger partial charge is 0.330 e. The molecule has 0 radical (unpaired) electrons. The maximum atomic E-state index is 10.9. The fourth-order valence-corrected chi connectivity index (χ4v) is 1.32. The first-order valence-corrected chi connectivity index (χ1v) is 6.29. The molecule has 1 rings (SSSR count). The number of carbonyl (C=O) groups excluding carboxylic acids is 1. The highest BCUT2D eigenvalue weighted by Gasteiger charge is 1.92. The predicted octanol–water partition coefficient (Wildman–Crippen LogP) is 3.01. The lowest BCUT2D eigenvalue weighted by atomic mass is 10.1. The second-order valence-corrected chi connectivity index (χ2v) is 4.01. The number of benzene rings is 1. The third-order valence-corrected chi connectivity index (χ3v) is 2.37. The molecule has 0 spiro atoms. The molecule has 0 bridgehead atoms. The first kappa shape index (κ1) is 13.5. The van der Waals surface area contributed by atoms with Crippen LogP contribution in [-0.4, -0.2) is 18.4 Å². The minimum atomic E-state index is -0.355. The highest BCUT2D eigenvalue weighted by molar-refractivity contribution is 9.09. The van der Waals surface area contributed by atoms with E-state index >= 15 is 0 Å². The number of ether oxygens (including phenoxy) is 1. The monoisotopic (exact) mass is 292 g/mol. The molecule has 0 atom stereocenters. The molecule has 0 amide bonds. The Morgan fingerprint density at radius 3 is 2.71 bits per heavy atom. The van der Waals surface area contributed by atoms with Gasteiger partial charge in [-0.05, 0) is 23.8 Å². The molecule has 0 saturated heterocycles. The first-order chi connectivity index (χ1) is 8.26. The van der Waals surface area contributed by atoms with E-state index in [-0.39, 0.29) is 5.97 Å². The summed E-state index contributed by atoms with van der Waals surface area (Å²) < 4.78 is 4.51. The van der Waals surface area contributed by atoms with Gasteiger partial charge in [0.05, 0.1) is 7.11 Å². The minimum absolute atomic E-state index is 0.355. The number of methoxy groups -OCH3 is 1. The molecule has 3 heteroatoms. The zero-order valence-corrected chi connectivity index (χ0v) is 11.2. The summed E-state index contributed by atoms with van der Waals surface area (Å²) in [6, 6.07) is 7.69. The summed E-state index contributed by atoms with van der Waals surface area (Å²) in [6.07, 6.45) is 3.94. The number of rotatable bonds is 3. The van der Waals surface area contributed by atoms with Crippen molar-refractivity contribution in [2.75, 3.05) is 12.4 Å². The van der Waals surface area contributed by atoms with E-state index in [0.29, 0.717) is 0 Å². The van der Waals surface area contributed by atoms with E-state index < -0.39 is 0 Å². The zero-order valence-electron chi connectivity index (χ0n) is 9.57. The van der Waals surface area contributed by atoms with Crippen LogP contribution in [0.3, 0.4) is 0 Å². The fraction of sp³-hybridized carbons (Fsp3) is 0.214. The van der Waals surface area contributed by atoms with Crippen LogP contribution in [0.15, 0.2) is 30.3 Å². The van der Waals surface area contributed by atoms with Gasteiger partial charge >= 0.3 is 5.97 Å². The summed E-state index contributed by atoms with van der Waals surface area (Å²) in [7, 11) is 1.36. The van der Waals surface area contributed by atoms with Gasteiger partial charge in [-0.3, -0.25) is 0 Å². The van der Waals surface area contributed by atoms with Gasteiger partial charge in [0.1, 0.15) is 0 Å². The van der Waals surface area contributed by atoms with Crippen molar-refractivity contribution in [1.29, 1.82) is 0 Å². The van der Waals surface area contributed by atoms with Crippen LogP contribution in [0.2, 0.25) is 0 Å². The summed E-state index contributed by atoms with van der Waals surface area (Å²) in [5, 5.41) is 0.889. The summed E-state index contributed by atoms with van der Waals surface area (Å²) in [5.41, 5.74) is 1.92. The van der Waals surface area contributed by atoms with Crippen LogP contribution in [0.4, 0.5) is 0 Å². The van der Waals surface area contributed by atoms with Crippen LogP contribution in [0.5, 0.6) is 0 Å². The summed E-state index contributed by atoms with van der Waals surface area (Å²) in [5.74, 6) is 5.74. The van der Waals surface area contributed by atoms with Crippen molar-refractivity contribution in [3.05, 3.63) is 41.5 Å². The molecule has 1 aromatic carbocycles. The van der Waals surface area contributed by atoms with Crippen LogP contribution >= 0.6 is 15.9 Å². The molecular weight excluding hydrogens is 280 g/mol. The van der Waals surface area contributed by atoms with Crippen molar-refractivity contribution in [3.63, 3.8) is 0 Å². The Morgan fingerprint density at radius 1 is 1.41 bits per heavy atom. The number of carbonyl (C=O) groups is 1. The largest absolute Gasteiger partial charge is 0.466 e. The van der Waals surface area contributed by atoms with E-state index in [2.05, 4.69) is 32.5 Å². The van der Waals surface area contributed by atoms with Crippen molar-refractivity contribution in [2.45, 2.75) is 6.42 Å². The average molecular weight is 293 g/mol. The van der Waals surface area contributed by atoms with Crippen LogP contribution in [0.1, 0.15) is 17.5 Å². The lowest BCUT2D eigenvalue weighted by molar-refractivity contribution is -0.134. The van der Waals surface area contributed by atoms with E-state index in [4.69, 9.17) is 0 Å². The third kappa shape index (κ3) is 5.37. The van der Waals surface area contributed by atoms with Crippen molar-refractivity contribution in [3.8, 4) is 11.8 Å². The van der Waals surface area contributed by atoms with Gasteiger partial charge in [0.2, 0.25) is 0 Å². The van der Waals surface area contributed by atoms with E-state index in [1.54, 1.807) is 6.08 Å². The Kier molecular flexibility index (Phi) is 6.13. The number of hydrogen-bond donors (Lipinski definition) is 0. The Labute approximate surface area is 110 Å². The van der Waals surface area contributed by atoms with Crippen LogP contribution in [0.25, 0.3) is 6.08 Å². The van der Waals surface area contributed by atoms with Crippen LogP contribution in [-0.2, 0) is 9.53 Å². The quantitative estimate of drug-likeness (QED) is 0.370. The van der Waals surface area contributed by atoms with Crippen molar-refractivity contribution >= 4 is 28.0 Å². The molecule has 0 aliphatic heterocycles. The van der Waals surface area contributed by atoms with Crippen LogP contribution < -0.4 is 0 Å². The van der Waals surface area contributed by atoms with Gasteiger partial charge in [0.15, 0.2) is 0 Å². The second kappa shape index (κ2) is 7.70. The molecular formula is C14H13BrO2. The van der Waals surface area contributed by atoms with Gasteiger partial charge in [-0.15, -0.1) is 0 Å². The first-order valence-electron chi connectivity index (χ1n) is 5.17. The van der Waals surface area contributed by atoms with Gasteiger partial charge in [-0.1, -0.05) is 39.9 Å². The number of esters is 1. The minimum Gasteiger partial charge on any atom is -0.466 e. The van der Waals surface area contributed by atoms with Gasteiger partial charge in [0.25, 0.3) is 0 Å². The molecule has 0 saturated carbocycles. The highest BCUT2D eigenvalue weighted by atomic mass is 79.9. The fourth-order valence-electron chi connectivity index (χ4n) is 1.12. The predicted molar refractivity (Wildman–Crippen MR) is 72.8 cm³/mol. The molecule has 0 fully saturated rings. The lowest BCUT2D eigenvalue weighted by Gasteiger charge is -1.94. The van der Waals surface area contributed by atoms with Gasteiger partial charge < -0.3 is 4.74 Å². The molecule has 0 heterocycles. The van der Waals surface area contributed by atoms with Crippen molar-refractivity contribution < 1.29 is 9.53 Å². The Hall–Kier alpha value is -1.53. The Bertz CT molecular complexity index is 449. The highest BCUT2D eigenvalue weighted by Crippen LogP contribution is 2.05. The molecule has 0 N–H and O–H groups in total. The zero-order chi connectivity index (χ0) is 12.5.